The number of rotatable bonds is 7. The van der Waals surface area contributed by atoms with Gasteiger partial charge in [-0.1, -0.05) is 12.1 Å². The second-order valence-electron chi connectivity index (χ2n) is 6.17. The number of sulfone groups is 1. The van der Waals surface area contributed by atoms with E-state index in [9.17, 15) is 17.6 Å². The van der Waals surface area contributed by atoms with Crippen LogP contribution in [0.3, 0.4) is 0 Å². The topological polar surface area (TPSA) is 99.7 Å². The normalized spacial score (nSPS) is 19.2. The molecule has 1 heterocycles. The Balaban J connectivity index is 1.76. The summed E-state index contributed by atoms with van der Waals surface area (Å²) in [6.07, 6.45) is 0.695. The number of hydrogen-bond donors (Lipinski definition) is 3. The molecule has 1 aromatic carbocycles. The maximum atomic E-state index is 12.9. The maximum absolute atomic E-state index is 12.9. The van der Waals surface area contributed by atoms with Crippen molar-refractivity contribution < 1.29 is 17.6 Å². The molecule has 144 valence electrons. The highest BCUT2D eigenvalue weighted by Crippen LogP contribution is 2.11. The fraction of sp³-hybridized carbons (Fsp3) is 0.529. The SMILES string of the molecule is CCNC(=NCc1ccc(F)cc1)NCCC(=O)NC1CCS(=O)(=O)C1. The average molecular weight is 384 g/mol. The molecule has 26 heavy (non-hydrogen) atoms. The van der Waals surface area contributed by atoms with Crippen LogP contribution in [0.15, 0.2) is 29.3 Å². The summed E-state index contributed by atoms with van der Waals surface area (Å²) in [6.45, 7) is 3.37. The smallest absolute Gasteiger partial charge is 0.222 e. The fourth-order valence-electron chi connectivity index (χ4n) is 2.61. The Morgan fingerprint density at radius 1 is 1.27 bits per heavy atom. The Hall–Kier alpha value is -2.16. The summed E-state index contributed by atoms with van der Waals surface area (Å²) in [6, 6.07) is 5.84. The minimum absolute atomic E-state index is 0.0218. The van der Waals surface area contributed by atoms with Crippen LogP contribution in [0, 0.1) is 5.82 Å². The van der Waals surface area contributed by atoms with Crippen LogP contribution < -0.4 is 16.0 Å². The van der Waals surface area contributed by atoms with E-state index >= 15 is 0 Å². The van der Waals surface area contributed by atoms with Crippen molar-refractivity contribution in [2.45, 2.75) is 32.4 Å². The van der Waals surface area contributed by atoms with Gasteiger partial charge in [-0.25, -0.2) is 17.8 Å². The Labute approximate surface area is 153 Å². The van der Waals surface area contributed by atoms with Crippen molar-refractivity contribution in [1.29, 1.82) is 0 Å². The molecule has 1 amide bonds. The molecule has 1 aliphatic heterocycles. The number of hydrogen-bond acceptors (Lipinski definition) is 4. The van der Waals surface area contributed by atoms with Gasteiger partial charge in [-0.05, 0) is 31.0 Å². The summed E-state index contributed by atoms with van der Waals surface area (Å²) < 4.78 is 35.7. The van der Waals surface area contributed by atoms with Crippen LogP contribution in [-0.2, 0) is 21.2 Å². The molecule has 1 fully saturated rings. The van der Waals surface area contributed by atoms with Gasteiger partial charge in [-0.15, -0.1) is 0 Å². The first-order valence-corrected chi connectivity index (χ1v) is 10.5. The molecule has 1 saturated heterocycles. The zero-order valence-electron chi connectivity index (χ0n) is 14.8. The second kappa shape index (κ2) is 9.51. The zero-order valence-corrected chi connectivity index (χ0v) is 15.6. The molecule has 1 unspecified atom stereocenters. The van der Waals surface area contributed by atoms with Crippen LogP contribution in [0.1, 0.15) is 25.3 Å². The largest absolute Gasteiger partial charge is 0.357 e. The highest BCUT2D eigenvalue weighted by molar-refractivity contribution is 7.91. The number of carbonyl (C=O) groups is 1. The van der Waals surface area contributed by atoms with Gasteiger partial charge in [0.2, 0.25) is 5.91 Å². The van der Waals surface area contributed by atoms with Crippen LogP contribution in [0.2, 0.25) is 0 Å². The summed E-state index contributed by atoms with van der Waals surface area (Å²) in [5.74, 6) is 0.246. The first-order valence-electron chi connectivity index (χ1n) is 8.64. The predicted molar refractivity (Wildman–Crippen MR) is 99.0 cm³/mol. The molecule has 0 bridgehead atoms. The standard InChI is InChI=1S/C17H25FN4O3S/c1-2-19-17(21-11-13-3-5-14(18)6-4-13)20-9-7-16(23)22-15-8-10-26(24,25)12-15/h3-6,15H,2,7-12H2,1H3,(H,22,23)(H2,19,20,21). The number of nitrogens with zero attached hydrogens (tertiary/aromatic N) is 1. The number of benzene rings is 1. The summed E-state index contributed by atoms with van der Waals surface area (Å²) in [5.41, 5.74) is 0.879. The van der Waals surface area contributed by atoms with Crippen molar-refractivity contribution >= 4 is 21.7 Å². The Morgan fingerprint density at radius 3 is 2.62 bits per heavy atom. The molecule has 0 aromatic heterocycles. The molecule has 0 spiro atoms. The van der Waals surface area contributed by atoms with Gasteiger partial charge >= 0.3 is 0 Å². The van der Waals surface area contributed by atoms with Gasteiger partial charge in [0.05, 0.1) is 18.1 Å². The zero-order chi connectivity index (χ0) is 19.0. The maximum Gasteiger partial charge on any atom is 0.222 e. The van der Waals surface area contributed by atoms with Crippen LogP contribution >= 0.6 is 0 Å². The molecule has 9 heteroatoms. The number of nitrogens with one attached hydrogen (secondary N) is 3. The quantitative estimate of drug-likeness (QED) is 0.472. The Bertz CT molecular complexity index is 735. The third kappa shape index (κ3) is 6.99. The molecule has 7 nitrogen and oxygen atoms in total. The van der Waals surface area contributed by atoms with Gasteiger partial charge in [0, 0.05) is 25.6 Å². The predicted octanol–water partition coefficient (Wildman–Crippen LogP) is 0.574. The van der Waals surface area contributed by atoms with E-state index in [1.165, 1.54) is 12.1 Å². The lowest BCUT2D eigenvalue weighted by Crippen LogP contribution is -2.41. The summed E-state index contributed by atoms with van der Waals surface area (Å²) in [5, 5.41) is 8.89. The van der Waals surface area contributed by atoms with Crippen molar-refractivity contribution in [3.05, 3.63) is 35.6 Å². The van der Waals surface area contributed by atoms with Crippen LogP contribution in [0.25, 0.3) is 0 Å². The Kier molecular flexibility index (Phi) is 7.38. The fourth-order valence-corrected chi connectivity index (χ4v) is 4.28. The molecular weight excluding hydrogens is 359 g/mol. The van der Waals surface area contributed by atoms with Crippen molar-refractivity contribution in [3.63, 3.8) is 0 Å². The van der Waals surface area contributed by atoms with Crippen LogP contribution in [0.5, 0.6) is 0 Å². The van der Waals surface area contributed by atoms with Gasteiger partial charge < -0.3 is 16.0 Å². The van der Waals surface area contributed by atoms with E-state index in [0.29, 0.717) is 32.0 Å². The molecule has 0 aliphatic carbocycles. The first-order chi connectivity index (χ1) is 12.4. The second-order valence-corrected chi connectivity index (χ2v) is 8.39. The van der Waals surface area contributed by atoms with Crippen molar-refractivity contribution in [1.82, 2.24) is 16.0 Å². The number of halogens is 1. The molecule has 1 aromatic rings. The lowest BCUT2D eigenvalue weighted by Gasteiger charge is -2.13. The van der Waals surface area contributed by atoms with E-state index in [2.05, 4.69) is 20.9 Å². The van der Waals surface area contributed by atoms with Crippen LogP contribution in [0.4, 0.5) is 4.39 Å². The van der Waals surface area contributed by atoms with E-state index in [4.69, 9.17) is 0 Å². The van der Waals surface area contributed by atoms with E-state index in [1.54, 1.807) is 12.1 Å². The number of carbonyl (C=O) groups excluding carboxylic acids is 1. The summed E-state index contributed by atoms with van der Waals surface area (Å²) in [7, 11) is -3.00. The Morgan fingerprint density at radius 2 is 2.00 bits per heavy atom. The van der Waals surface area contributed by atoms with E-state index < -0.39 is 9.84 Å². The third-order valence-corrected chi connectivity index (χ3v) is 5.69. The third-order valence-electron chi connectivity index (χ3n) is 3.92. The molecule has 0 saturated carbocycles. The van der Waals surface area contributed by atoms with Gasteiger partial charge in [0.15, 0.2) is 15.8 Å². The first kappa shape index (κ1) is 20.2. The van der Waals surface area contributed by atoms with E-state index in [0.717, 1.165) is 5.56 Å². The molecule has 2 rings (SSSR count). The molecule has 1 aliphatic rings. The van der Waals surface area contributed by atoms with Gasteiger partial charge in [-0.2, -0.15) is 0 Å². The monoisotopic (exact) mass is 384 g/mol. The van der Waals surface area contributed by atoms with Crippen molar-refractivity contribution in [2.75, 3.05) is 24.6 Å². The minimum Gasteiger partial charge on any atom is -0.357 e. The van der Waals surface area contributed by atoms with Gasteiger partial charge in [0.1, 0.15) is 5.82 Å². The van der Waals surface area contributed by atoms with E-state index in [1.807, 2.05) is 6.92 Å². The highest BCUT2D eigenvalue weighted by Gasteiger charge is 2.28. The van der Waals surface area contributed by atoms with Gasteiger partial charge in [-0.3, -0.25) is 4.79 Å². The minimum atomic E-state index is -3.00. The number of amides is 1. The summed E-state index contributed by atoms with van der Waals surface area (Å²) in [4.78, 5) is 16.3. The molecule has 0 radical (unpaired) electrons. The molecule has 3 N–H and O–H groups in total. The lowest BCUT2D eigenvalue weighted by atomic mass is 10.2. The number of guanidine groups is 1. The van der Waals surface area contributed by atoms with E-state index in [-0.39, 0.29) is 35.7 Å². The highest BCUT2D eigenvalue weighted by atomic mass is 32.2. The average Bonchev–Trinajstić information content (AvgIpc) is 2.92. The number of aliphatic imine (C=N–C) groups is 1. The summed E-state index contributed by atoms with van der Waals surface area (Å²) >= 11 is 0. The van der Waals surface area contributed by atoms with Crippen LogP contribution in [-0.4, -0.2) is 50.9 Å². The van der Waals surface area contributed by atoms with Crippen molar-refractivity contribution in [3.8, 4) is 0 Å². The lowest BCUT2D eigenvalue weighted by molar-refractivity contribution is -0.121. The van der Waals surface area contributed by atoms with Gasteiger partial charge in [0.25, 0.3) is 0 Å². The molecular formula is C17H25FN4O3S. The van der Waals surface area contributed by atoms with Crippen molar-refractivity contribution in [2.24, 2.45) is 4.99 Å². The molecule has 1 atom stereocenters.